The highest BCUT2D eigenvalue weighted by molar-refractivity contribution is 6.30. The van der Waals surface area contributed by atoms with Crippen molar-refractivity contribution in [3.63, 3.8) is 0 Å². The second kappa shape index (κ2) is 9.79. The molecule has 32 heavy (non-hydrogen) atoms. The second-order valence-electron chi connectivity index (χ2n) is 8.49. The van der Waals surface area contributed by atoms with Crippen molar-refractivity contribution in [2.24, 2.45) is 5.92 Å². The minimum Gasteiger partial charge on any atom is -0.454 e. The highest BCUT2D eigenvalue weighted by atomic mass is 35.5. The van der Waals surface area contributed by atoms with Gasteiger partial charge in [0, 0.05) is 43.3 Å². The smallest absolute Gasteiger partial charge is 0.251 e. The molecule has 2 aliphatic rings. The molecule has 0 aromatic heterocycles. The Labute approximate surface area is 193 Å². The molecule has 2 aliphatic heterocycles. The lowest BCUT2D eigenvalue weighted by atomic mass is 10.0. The van der Waals surface area contributed by atoms with Crippen molar-refractivity contribution < 1.29 is 19.1 Å². The zero-order chi connectivity index (χ0) is 22.7. The van der Waals surface area contributed by atoms with Gasteiger partial charge in [0.2, 0.25) is 12.7 Å². The number of nitrogens with one attached hydrogen (secondary N) is 1. The lowest BCUT2D eigenvalue weighted by molar-refractivity contribution is -0.136. The molecule has 2 heterocycles. The summed E-state index contributed by atoms with van der Waals surface area (Å²) in [5, 5.41) is 3.48. The van der Waals surface area contributed by atoms with Crippen LogP contribution in [0.5, 0.6) is 11.5 Å². The van der Waals surface area contributed by atoms with Crippen molar-refractivity contribution in [2.45, 2.75) is 26.4 Å². The number of hydrogen-bond acceptors (Lipinski definition) is 5. The Hall–Kier alpha value is -2.77. The Morgan fingerprint density at radius 1 is 1.00 bits per heavy atom. The van der Waals surface area contributed by atoms with Gasteiger partial charge in [-0.3, -0.25) is 14.5 Å². The van der Waals surface area contributed by atoms with Gasteiger partial charge >= 0.3 is 0 Å². The topological polar surface area (TPSA) is 71.1 Å². The van der Waals surface area contributed by atoms with Gasteiger partial charge in [0.05, 0.1) is 0 Å². The first-order chi connectivity index (χ1) is 15.4. The fraction of sp³-hybridized carbons (Fsp3) is 0.417. The van der Waals surface area contributed by atoms with E-state index in [9.17, 15) is 9.59 Å². The van der Waals surface area contributed by atoms with Gasteiger partial charge < -0.3 is 19.7 Å². The molecule has 0 bridgehead atoms. The first kappa shape index (κ1) is 22.4. The Morgan fingerprint density at radius 2 is 1.69 bits per heavy atom. The number of ether oxygens (including phenoxy) is 2. The minimum absolute atomic E-state index is 0.0228. The molecule has 0 spiro atoms. The SMILES string of the molecule is CC(C)C(NC(=O)c1ccc(Cl)cc1)C(=O)N1CCN(Cc2ccc3c(c2)OCO3)CC1. The highest BCUT2D eigenvalue weighted by Gasteiger charge is 2.31. The lowest BCUT2D eigenvalue weighted by Crippen LogP contribution is -2.56. The fourth-order valence-electron chi connectivity index (χ4n) is 3.96. The summed E-state index contributed by atoms with van der Waals surface area (Å²) in [6.07, 6.45) is 0. The maximum Gasteiger partial charge on any atom is 0.251 e. The number of benzene rings is 2. The van der Waals surface area contributed by atoms with Crippen LogP contribution in [0.2, 0.25) is 5.02 Å². The zero-order valence-corrected chi connectivity index (χ0v) is 19.1. The van der Waals surface area contributed by atoms with Crippen LogP contribution in [0.1, 0.15) is 29.8 Å². The molecule has 2 aromatic carbocycles. The van der Waals surface area contributed by atoms with E-state index in [1.54, 1.807) is 24.3 Å². The Balaban J connectivity index is 1.32. The van der Waals surface area contributed by atoms with Crippen molar-refractivity contribution in [3.8, 4) is 11.5 Å². The molecule has 1 fully saturated rings. The van der Waals surface area contributed by atoms with E-state index in [1.807, 2.05) is 36.9 Å². The van der Waals surface area contributed by atoms with Crippen molar-refractivity contribution in [1.29, 1.82) is 0 Å². The van der Waals surface area contributed by atoms with E-state index in [0.717, 1.165) is 36.7 Å². The lowest BCUT2D eigenvalue weighted by Gasteiger charge is -2.37. The summed E-state index contributed by atoms with van der Waals surface area (Å²) >= 11 is 5.90. The van der Waals surface area contributed by atoms with Gasteiger partial charge in [-0.05, 0) is 47.9 Å². The van der Waals surface area contributed by atoms with E-state index in [2.05, 4.69) is 10.2 Å². The molecule has 8 heteroatoms. The van der Waals surface area contributed by atoms with Gasteiger partial charge in [-0.1, -0.05) is 31.5 Å². The minimum atomic E-state index is -0.571. The molecule has 0 saturated carbocycles. The highest BCUT2D eigenvalue weighted by Crippen LogP contribution is 2.32. The Morgan fingerprint density at radius 3 is 2.38 bits per heavy atom. The summed E-state index contributed by atoms with van der Waals surface area (Å²) < 4.78 is 10.8. The van der Waals surface area contributed by atoms with E-state index >= 15 is 0 Å². The third-order valence-corrected chi connectivity index (χ3v) is 6.10. The van der Waals surface area contributed by atoms with Crippen LogP contribution in [0.4, 0.5) is 0 Å². The number of hydrogen-bond donors (Lipinski definition) is 1. The molecule has 0 aliphatic carbocycles. The largest absolute Gasteiger partial charge is 0.454 e. The summed E-state index contributed by atoms with van der Waals surface area (Å²) in [6.45, 7) is 7.75. The summed E-state index contributed by atoms with van der Waals surface area (Å²) in [6, 6.07) is 12.1. The maximum atomic E-state index is 13.2. The van der Waals surface area contributed by atoms with Crippen molar-refractivity contribution in [1.82, 2.24) is 15.1 Å². The number of rotatable bonds is 6. The van der Waals surface area contributed by atoms with Crippen LogP contribution < -0.4 is 14.8 Å². The van der Waals surface area contributed by atoms with Crippen LogP contribution in [-0.4, -0.2) is 60.6 Å². The predicted octanol–water partition coefficient (Wildman–Crippen LogP) is 3.17. The molecule has 4 rings (SSSR count). The first-order valence-corrected chi connectivity index (χ1v) is 11.2. The number of nitrogens with zero attached hydrogens (tertiary/aromatic N) is 2. The molecule has 1 N–H and O–H groups in total. The van der Waals surface area contributed by atoms with Crippen LogP contribution >= 0.6 is 11.6 Å². The number of fused-ring (bicyclic) bond motifs is 1. The van der Waals surface area contributed by atoms with Crippen LogP contribution in [0.25, 0.3) is 0 Å². The third-order valence-electron chi connectivity index (χ3n) is 5.85. The van der Waals surface area contributed by atoms with E-state index in [-0.39, 0.29) is 24.5 Å². The van der Waals surface area contributed by atoms with Crippen molar-refractivity contribution in [2.75, 3.05) is 33.0 Å². The molecule has 1 saturated heterocycles. The van der Waals surface area contributed by atoms with Gasteiger partial charge in [-0.2, -0.15) is 0 Å². The van der Waals surface area contributed by atoms with Crippen molar-refractivity contribution >= 4 is 23.4 Å². The first-order valence-electron chi connectivity index (χ1n) is 10.9. The fourth-order valence-corrected chi connectivity index (χ4v) is 4.09. The molecule has 2 aromatic rings. The van der Waals surface area contributed by atoms with Gasteiger partial charge in [0.15, 0.2) is 11.5 Å². The summed E-state index contributed by atoms with van der Waals surface area (Å²) in [5.74, 6) is 1.24. The molecule has 1 atom stereocenters. The van der Waals surface area contributed by atoms with E-state index in [0.29, 0.717) is 23.7 Å². The van der Waals surface area contributed by atoms with Crippen LogP contribution in [0, 0.1) is 5.92 Å². The molecular weight excluding hydrogens is 430 g/mol. The molecule has 1 unspecified atom stereocenters. The molecule has 0 radical (unpaired) electrons. The van der Waals surface area contributed by atoms with Gasteiger partial charge in [0.1, 0.15) is 6.04 Å². The number of carbonyl (C=O) groups excluding carboxylic acids is 2. The Kier molecular flexibility index (Phi) is 6.86. The van der Waals surface area contributed by atoms with Gasteiger partial charge in [-0.25, -0.2) is 0 Å². The van der Waals surface area contributed by atoms with Crippen LogP contribution in [-0.2, 0) is 11.3 Å². The Bertz CT molecular complexity index is 972. The van der Waals surface area contributed by atoms with E-state index in [1.165, 1.54) is 0 Å². The molecule has 7 nitrogen and oxygen atoms in total. The normalized spacial score (nSPS) is 16.8. The average Bonchev–Trinajstić information content (AvgIpc) is 3.25. The standard InChI is InChI=1S/C24H28ClN3O4/c1-16(2)22(26-23(29)18-4-6-19(25)7-5-18)24(30)28-11-9-27(10-12-28)14-17-3-8-20-21(13-17)32-15-31-20/h3-8,13,16,22H,9-12,14-15H2,1-2H3,(H,26,29). The number of piperazine rings is 1. The van der Waals surface area contributed by atoms with Crippen molar-refractivity contribution in [3.05, 3.63) is 58.6 Å². The van der Waals surface area contributed by atoms with Gasteiger partial charge in [-0.15, -0.1) is 0 Å². The zero-order valence-electron chi connectivity index (χ0n) is 18.3. The number of carbonyl (C=O) groups is 2. The molecule has 170 valence electrons. The second-order valence-corrected chi connectivity index (χ2v) is 8.93. The number of halogens is 1. The van der Waals surface area contributed by atoms with Crippen LogP contribution in [0.15, 0.2) is 42.5 Å². The monoisotopic (exact) mass is 457 g/mol. The van der Waals surface area contributed by atoms with Crippen LogP contribution in [0.3, 0.4) is 0 Å². The average molecular weight is 458 g/mol. The molecular formula is C24H28ClN3O4. The predicted molar refractivity (Wildman–Crippen MR) is 122 cm³/mol. The van der Waals surface area contributed by atoms with E-state index in [4.69, 9.17) is 21.1 Å². The van der Waals surface area contributed by atoms with E-state index < -0.39 is 6.04 Å². The summed E-state index contributed by atoms with van der Waals surface area (Å²) in [4.78, 5) is 30.0. The summed E-state index contributed by atoms with van der Waals surface area (Å²) in [7, 11) is 0. The molecule has 2 amide bonds. The van der Waals surface area contributed by atoms with Gasteiger partial charge in [0.25, 0.3) is 5.91 Å². The summed E-state index contributed by atoms with van der Waals surface area (Å²) in [5.41, 5.74) is 1.64. The third kappa shape index (κ3) is 5.16. The number of amides is 2. The maximum absolute atomic E-state index is 13.2. The quantitative estimate of drug-likeness (QED) is 0.721.